The molecular weight excluding hydrogens is 484 g/mol. The van der Waals surface area contributed by atoms with Crippen LogP contribution in [-0.2, 0) is 4.18 Å². The Morgan fingerprint density at radius 2 is 1.05 bits per heavy atom. The molecule has 0 aromatic heterocycles. The van der Waals surface area contributed by atoms with Gasteiger partial charge in [0.05, 0.1) is 12.2 Å². The van der Waals surface area contributed by atoms with Gasteiger partial charge < -0.3 is 18.8 Å². The summed E-state index contributed by atoms with van der Waals surface area (Å²) in [6, 6.07) is 31.5. The number of benzene rings is 4. The van der Waals surface area contributed by atoms with Crippen molar-refractivity contribution < 1.29 is 23.6 Å². The first-order valence-corrected chi connectivity index (χ1v) is 13.8. The summed E-state index contributed by atoms with van der Waals surface area (Å²) in [5.74, 6) is 0.720. The zero-order chi connectivity index (χ0) is 26.4. The number of para-hydroxylation sites is 1. The first kappa shape index (κ1) is 26.2. The number of carbonyl (C=O) groups is 1. The van der Waals surface area contributed by atoms with Crippen LogP contribution >= 0.6 is 10.3 Å². The van der Waals surface area contributed by atoms with E-state index in [-0.39, 0.29) is 23.5 Å². The van der Waals surface area contributed by atoms with E-state index in [0.29, 0.717) is 0 Å². The van der Waals surface area contributed by atoms with E-state index in [4.69, 9.17) is 13.7 Å². The van der Waals surface area contributed by atoms with Crippen molar-refractivity contribution >= 4 is 16.3 Å². The van der Waals surface area contributed by atoms with E-state index in [9.17, 15) is 9.90 Å². The van der Waals surface area contributed by atoms with Crippen LogP contribution in [0.4, 0.5) is 0 Å². The molecular formula is C31H32O5S. The molecule has 0 spiro atoms. The first-order valence-electron chi connectivity index (χ1n) is 12.2. The Morgan fingerprint density at radius 3 is 1.51 bits per heavy atom. The number of ether oxygens (including phenoxy) is 2. The predicted octanol–water partition coefficient (Wildman–Crippen LogP) is 8.02. The van der Waals surface area contributed by atoms with E-state index in [1.54, 1.807) is 18.2 Å². The third-order valence-corrected chi connectivity index (χ3v) is 8.66. The Labute approximate surface area is 220 Å². The summed E-state index contributed by atoms with van der Waals surface area (Å²) in [4.78, 5) is 16.1. The average Bonchev–Trinajstić information content (AvgIpc) is 2.88. The number of phenols is 1. The van der Waals surface area contributed by atoms with Crippen molar-refractivity contribution in [1.82, 2.24) is 0 Å². The minimum Gasteiger partial charge on any atom is -0.507 e. The van der Waals surface area contributed by atoms with Gasteiger partial charge in [-0.25, -0.2) is 4.79 Å². The fourth-order valence-electron chi connectivity index (χ4n) is 3.93. The zero-order valence-corrected chi connectivity index (χ0v) is 22.3. The van der Waals surface area contributed by atoms with Crippen molar-refractivity contribution in [1.29, 1.82) is 0 Å². The van der Waals surface area contributed by atoms with Crippen LogP contribution in [0.3, 0.4) is 0 Å². The normalized spacial score (nSPS) is 11.8. The number of hydrogen-bond acceptors (Lipinski definition) is 5. The fraction of sp³-hybridized carbons (Fsp3) is 0.194. The van der Waals surface area contributed by atoms with Crippen molar-refractivity contribution in [2.75, 3.05) is 0 Å². The highest BCUT2D eigenvalue weighted by atomic mass is 32.3. The Kier molecular flexibility index (Phi) is 8.09. The molecule has 0 aliphatic heterocycles. The van der Waals surface area contributed by atoms with Crippen LogP contribution in [0.5, 0.6) is 17.2 Å². The number of hydrogen-bond donors (Lipinski definition) is 1. The molecule has 0 unspecified atom stereocenters. The largest absolute Gasteiger partial charge is 0.507 e. The molecule has 0 heterocycles. The van der Waals surface area contributed by atoms with Gasteiger partial charge in [0.2, 0.25) is 0 Å². The quantitative estimate of drug-likeness (QED) is 0.244. The van der Waals surface area contributed by atoms with Crippen molar-refractivity contribution in [3.8, 4) is 17.2 Å². The van der Waals surface area contributed by atoms with Crippen molar-refractivity contribution in [2.24, 2.45) is 0 Å². The molecule has 6 heteroatoms. The summed E-state index contributed by atoms with van der Waals surface area (Å²) >= 11 is 0. The Morgan fingerprint density at radius 1 is 0.622 bits per heavy atom. The maximum Gasteiger partial charge on any atom is 0.353 e. The predicted molar refractivity (Wildman–Crippen MR) is 147 cm³/mol. The Hall–Kier alpha value is -3.90. The number of carbonyl (C=O) groups excluding carboxylic acids is 1. The van der Waals surface area contributed by atoms with Crippen molar-refractivity contribution in [2.45, 2.75) is 54.6 Å². The molecule has 0 aliphatic rings. The van der Waals surface area contributed by atoms with E-state index >= 15 is 0 Å². The van der Waals surface area contributed by atoms with E-state index in [2.05, 4.69) is 0 Å². The minimum atomic E-state index is -2.56. The second kappa shape index (κ2) is 11.4. The highest BCUT2D eigenvalue weighted by molar-refractivity contribution is 8.30. The Bertz CT molecular complexity index is 1260. The fourth-order valence-corrected chi connectivity index (χ4v) is 6.93. The third kappa shape index (κ3) is 5.92. The molecule has 0 fully saturated rings. The van der Waals surface area contributed by atoms with Gasteiger partial charge in [-0.15, -0.1) is 0 Å². The van der Waals surface area contributed by atoms with Crippen molar-refractivity contribution in [3.63, 3.8) is 0 Å². The van der Waals surface area contributed by atoms with Crippen LogP contribution < -0.4 is 9.47 Å². The maximum absolute atomic E-state index is 13.6. The topological polar surface area (TPSA) is 65.0 Å². The smallest absolute Gasteiger partial charge is 0.353 e. The van der Waals surface area contributed by atoms with Crippen LogP contribution in [0.1, 0.15) is 38.1 Å². The van der Waals surface area contributed by atoms with Crippen LogP contribution in [-0.4, -0.2) is 23.3 Å². The molecule has 0 saturated carbocycles. The monoisotopic (exact) mass is 516 g/mol. The van der Waals surface area contributed by atoms with Gasteiger partial charge in [-0.2, -0.15) is 0 Å². The lowest BCUT2D eigenvalue weighted by Crippen LogP contribution is -2.14. The van der Waals surface area contributed by atoms with Gasteiger partial charge in [0.25, 0.3) is 0 Å². The molecule has 37 heavy (non-hydrogen) atoms. The lowest BCUT2D eigenvalue weighted by molar-refractivity contribution is 0.0754. The van der Waals surface area contributed by atoms with Crippen molar-refractivity contribution in [3.05, 3.63) is 109 Å². The standard InChI is InChI=1S/C31H32O5S/c1-22(2)34-24-14-18-27(19-15-24)37(26-10-6-5-7-11-26,28-20-16-25(17-21-28)35-23(3)4)36-31(33)29-12-8-9-13-30(29)32/h5-23,32H,1-4H3. The molecule has 4 rings (SSSR count). The van der Waals surface area contributed by atoms with Crippen LogP contribution in [0.2, 0.25) is 0 Å². The molecule has 0 saturated heterocycles. The van der Waals surface area contributed by atoms with Crippen LogP contribution in [0.25, 0.3) is 0 Å². The lowest BCUT2D eigenvalue weighted by Gasteiger charge is -2.40. The summed E-state index contributed by atoms with van der Waals surface area (Å²) in [5, 5.41) is 10.4. The van der Waals surface area contributed by atoms with Gasteiger partial charge in [0, 0.05) is 14.7 Å². The average molecular weight is 517 g/mol. The molecule has 4 aromatic rings. The summed E-state index contributed by atoms with van der Waals surface area (Å²) in [6.07, 6.45) is 0.0638. The van der Waals surface area contributed by atoms with E-state index in [0.717, 1.165) is 26.2 Å². The van der Waals surface area contributed by atoms with Crippen LogP contribution in [0, 0.1) is 0 Å². The van der Waals surface area contributed by atoms with Gasteiger partial charge in [-0.3, -0.25) is 0 Å². The number of phenolic OH excluding ortho intramolecular Hbond substituents is 1. The van der Waals surface area contributed by atoms with Gasteiger partial charge >= 0.3 is 5.97 Å². The molecule has 5 nitrogen and oxygen atoms in total. The van der Waals surface area contributed by atoms with Gasteiger partial charge in [-0.1, -0.05) is 30.3 Å². The van der Waals surface area contributed by atoms with E-state index < -0.39 is 16.3 Å². The lowest BCUT2D eigenvalue weighted by atomic mass is 10.2. The Balaban J connectivity index is 1.91. The third-order valence-electron chi connectivity index (χ3n) is 5.45. The summed E-state index contributed by atoms with van der Waals surface area (Å²) in [7, 11) is -2.56. The summed E-state index contributed by atoms with van der Waals surface area (Å²) < 4.78 is 18.2. The highest BCUT2D eigenvalue weighted by Gasteiger charge is 2.36. The maximum atomic E-state index is 13.6. The molecule has 4 aromatic carbocycles. The highest BCUT2D eigenvalue weighted by Crippen LogP contribution is 2.69. The number of aromatic hydroxyl groups is 1. The van der Waals surface area contributed by atoms with Gasteiger partial charge in [0.1, 0.15) is 22.8 Å². The second-order valence-electron chi connectivity index (χ2n) is 9.03. The second-order valence-corrected chi connectivity index (χ2v) is 11.7. The minimum absolute atomic E-state index is 0.0319. The SMILES string of the molecule is CC(C)Oc1ccc(S(OC(=O)c2ccccc2O)(c2ccccc2)c2ccc(OC(C)C)cc2)cc1. The summed E-state index contributed by atoms with van der Waals surface area (Å²) in [5.41, 5.74) is 0.106. The molecule has 192 valence electrons. The molecule has 1 N–H and O–H groups in total. The molecule has 0 aliphatic carbocycles. The zero-order valence-electron chi connectivity index (χ0n) is 21.5. The van der Waals surface area contributed by atoms with E-state index in [1.807, 2.05) is 107 Å². The molecule has 0 radical (unpaired) electrons. The summed E-state index contributed by atoms with van der Waals surface area (Å²) in [6.45, 7) is 7.90. The number of rotatable bonds is 9. The van der Waals surface area contributed by atoms with E-state index in [1.165, 1.54) is 6.07 Å². The molecule has 0 amide bonds. The molecule has 0 atom stereocenters. The first-order chi connectivity index (χ1) is 17.8. The molecule has 0 bridgehead atoms. The van der Waals surface area contributed by atoms with Gasteiger partial charge in [0.15, 0.2) is 0 Å². The van der Waals surface area contributed by atoms with Crippen LogP contribution in [0.15, 0.2) is 118 Å². The van der Waals surface area contributed by atoms with Gasteiger partial charge in [-0.05, 0) is 111 Å².